The molecular weight excluding hydrogens is 254 g/mol. The maximum Gasteiger partial charge on any atom is 0.253 e. The molecule has 0 radical (unpaired) electrons. The number of nitrogens with one attached hydrogen (secondary N) is 2. The number of rotatable bonds is 5. The van der Waals surface area contributed by atoms with Crippen molar-refractivity contribution in [2.45, 2.75) is 37.8 Å². The third kappa shape index (κ3) is 3.81. The summed E-state index contributed by atoms with van der Waals surface area (Å²) in [6.07, 6.45) is 6.83. The molecule has 2 atom stereocenters. The lowest BCUT2D eigenvalue weighted by atomic mass is 9.92. The minimum absolute atomic E-state index is 0.0525. The number of aliphatic hydroxyl groups is 1. The van der Waals surface area contributed by atoms with Gasteiger partial charge in [-0.25, -0.2) is 4.98 Å². The van der Waals surface area contributed by atoms with Crippen molar-refractivity contribution >= 4 is 11.7 Å². The van der Waals surface area contributed by atoms with Crippen LogP contribution in [-0.4, -0.2) is 34.7 Å². The van der Waals surface area contributed by atoms with Gasteiger partial charge in [0.05, 0.1) is 17.7 Å². The summed E-state index contributed by atoms with van der Waals surface area (Å²) in [5, 5.41) is 15.8. The molecule has 1 fully saturated rings. The Morgan fingerprint density at radius 3 is 2.90 bits per heavy atom. The molecule has 5 nitrogen and oxygen atoms in total. The second-order valence-corrected chi connectivity index (χ2v) is 5.03. The van der Waals surface area contributed by atoms with Crippen LogP contribution in [0, 0.1) is 0 Å². The topological polar surface area (TPSA) is 74.2 Å². The van der Waals surface area contributed by atoms with Crippen LogP contribution >= 0.6 is 0 Å². The molecule has 0 bridgehead atoms. The van der Waals surface area contributed by atoms with E-state index in [1.54, 1.807) is 18.2 Å². The summed E-state index contributed by atoms with van der Waals surface area (Å²) in [5.74, 6) is 0.526. The molecule has 1 amide bonds. The van der Waals surface area contributed by atoms with Gasteiger partial charge < -0.3 is 15.7 Å². The van der Waals surface area contributed by atoms with Crippen LogP contribution in [0.1, 0.15) is 36.0 Å². The number of aromatic nitrogens is 1. The molecule has 1 aromatic rings. The van der Waals surface area contributed by atoms with Crippen LogP contribution in [0.15, 0.2) is 31.0 Å². The predicted octanol–water partition coefficient (Wildman–Crippen LogP) is 1.71. The maximum absolute atomic E-state index is 11.7. The average molecular weight is 275 g/mol. The number of amides is 1. The van der Waals surface area contributed by atoms with Gasteiger partial charge in [0, 0.05) is 12.7 Å². The molecule has 0 spiro atoms. The largest absolute Gasteiger partial charge is 0.391 e. The van der Waals surface area contributed by atoms with Crippen LogP contribution in [0.2, 0.25) is 0 Å². The summed E-state index contributed by atoms with van der Waals surface area (Å²) in [7, 11) is 0. The van der Waals surface area contributed by atoms with Gasteiger partial charge in [0.2, 0.25) is 0 Å². The molecule has 1 aliphatic carbocycles. The molecule has 5 heteroatoms. The minimum atomic E-state index is -0.318. The Kier molecular flexibility index (Phi) is 5.12. The molecule has 1 aliphatic rings. The van der Waals surface area contributed by atoms with Crippen LogP contribution in [0.4, 0.5) is 5.82 Å². The molecule has 2 rings (SSSR count). The molecule has 2 unspecified atom stereocenters. The Bertz CT molecular complexity index is 459. The second-order valence-electron chi connectivity index (χ2n) is 5.03. The molecule has 0 aliphatic heterocycles. The van der Waals surface area contributed by atoms with E-state index < -0.39 is 0 Å². The molecule has 1 heterocycles. The van der Waals surface area contributed by atoms with Crippen molar-refractivity contribution in [1.82, 2.24) is 10.3 Å². The summed E-state index contributed by atoms with van der Waals surface area (Å²) in [6, 6.07) is 3.55. The van der Waals surface area contributed by atoms with E-state index in [0.29, 0.717) is 17.9 Å². The van der Waals surface area contributed by atoms with Gasteiger partial charge in [0.25, 0.3) is 5.91 Å². The zero-order valence-corrected chi connectivity index (χ0v) is 11.5. The van der Waals surface area contributed by atoms with E-state index in [2.05, 4.69) is 22.2 Å². The van der Waals surface area contributed by atoms with Crippen LogP contribution < -0.4 is 10.6 Å². The van der Waals surface area contributed by atoms with Gasteiger partial charge in [-0.05, 0) is 25.0 Å². The SMILES string of the molecule is C=CCNC(=O)c1ccc(NC2CCCCC2O)nc1. The molecule has 108 valence electrons. The van der Waals surface area contributed by atoms with Crippen molar-refractivity contribution in [3.05, 3.63) is 36.5 Å². The van der Waals surface area contributed by atoms with Gasteiger partial charge in [0.1, 0.15) is 5.82 Å². The smallest absolute Gasteiger partial charge is 0.253 e. The van der Waals surface area contributed by atoms with Crippen molar-refractivity contribution < 1.29 is 9.90 Å². The highest BCUT2D eigenvalue weighted by Gasteiger charge is 2.22. The Hall–Kier alpha value is -1.88. The predicted molar refractivity (Wildman–Crippen MR) is 78.7 cm³/mol. The lowest BCUT2D eigenvalue weighted by molar-refractivity contribution is 0.0957. The van der Waals surface area contributed by atoms with Crippen LogP contribution in [-0.2, 0) is 0 Å². The van der Waals surface area contributed by atoms with Crippen LogP contribution in [0.5, 0.6) is 0 Å². The molecule has 1 aromatic heterocycles. The first-order valence-corrected chi connectivity index (χ1v) is 7.00. The number of anilines is 1. The third-order valence-electron chi connectivity index (χ3n) is 3.50. The maximum atomic E-state index is 11.7. The lowest BCUT2D eigenvalue weighted by Crippen LogP contribution is -2.36. The minimum Gasteiger partial charge on any atom is -0.391 e. The number of carbonyl (C=O) groups excluding carboxylic acids is 1. The number of hydrogen-bond acceptors (Lipinski definition) is 4. The highest BCUT2D eigenvalue weighted by molar-refractivity contribution is 5.94. The third-order valence-corrected chi connectivity index (χ3v) is 3.50. The van der Waals surface area contributed by atoms with E-state index in [-0.39, 0.29) is 18.1 Å². The van der Waals surface area contributed by atoms with E-state index >= 15 is 0 Å². The van der Waals surface area contributed by atoms with Crippen molar-refractivity contribution in [1.29, 1.82) is 0 Å². The Balaban J connectivity index is 1.94. The molecule has 20 heavy (non-hydrogen) atoms. The number of pyridine rings is 1. The van der Waals surface area contributed by atoms with E-state index in [9.17, 15) is 9.90 Å². The van der Waals surface area contributed by atoms with Crippen LogP contribution in [0.3, 0.4) is 0 Å². The van der Waals surface area contributed by atoms with Crippen LogP contribution in [0.25, 0.3) is 0 Å². The zero-order chi connectivity index (χ0) is 14.4. The molecule has 0 aromatic carbocycles. The van der Waals surface area contributed by atoms with E-state index in [4.69, 9.17) is 0 Å². The lowest BCUT2D eigenvalue weighted by Gasteiger charge is -2.28. The zero-order valence-electron chi connectivity index (χ0n) is 11.5. The summed E-state index contributed by atoms with van der Waals surface area (Å²) in [5.41, 5.74) is 0.515. The number of nitrogens with zero attached hydrogens (tertiary/aromatic N) is 1. The number of hydrogen-bond donors (Lipinski definition) is 3. The average Bonchev–Trinajstić information content (AvgIpc) is 2.48. The quantitative estimate of drug-likeness (QED) is 0.715. The van der Waals surface area contributed by atoms with E-state index in [0.717, 1.165) is 25.7 Å². The normalized spacial score (nSPS) is 22.1. The number of carbonyl (C=O) groups is 1. The second kappa shape index (κ2) is 7.05. The van der Waals surface area contributed by atoms with Crippen molar-refractivity contribution in [3.8, 4) is 0 Å². The Morgan fingerprint density at radius 1 is 1.45 bits per heavy atom. The van der Waals surface area contributed by atoms with E-state index in [1.807, 2.05) is 0 Å². The summed E-state index contributed by atoms with van der Waals surface area (Å²) < 4.78 is 0. The van der Waals surface area contributed by atoms with Gasteiger partial charge in [-0.2, -0.15) is 0 Å². The van der Waals surface area contributed by atoms with Gasteiger partial charge in [0.15, 0.2) is 0 Å². The summed E-state index contributed by atoms with van der Waals surface area (Å²) >= 11 is 0. The molecule has 0 saturated heterocycles. The first-order valence-electron chi connectivity index (χ1n) is 7.00. The van der Waals surface area contributed by atoms with Crippen molar-refractivity contribution in [3.63, 3.8) is 0 Å². The summed E-state index contributed by atoms with van der Waals surface area (Å²) in [6.45, 7) is 3.99. The molecule has 3 N–H and O–H groups in total. The fraction of sp³-hybridized carbons (Fsp3) is 0.467. The fourth-order valence-corrected chi connectivity index (χ4v) is 2.35. The Morgan fingerprint density at radius 2 is 2.25 bits per heavy atom. The molecule has 1 saturated carbocycles. The monoisotopic (exact) mass is 275 g/mol. The Labute approximate surface area is 119 Å². The first kappa shape index (κ1) is 14.5. The van der Waals surface area contributed by atoms with Gasteiger partial charge in [-0.1, -0.05) is 18.9 Å². The highest BCUT2D eigenvalue weighted by Crippen LogP contribution is 2.21. The molecular formula is C15H21N3O2. The van der Waals surface area contributed by atoms with Crippen molar-refractivity contribution in [2.75, 3.05) is 11.9 Å². The van der Waals surface area contributed by atoms with E-state index in [1.165, 1.54) is 6.20 Å². The first-order chi connectivity index (χ1) is 9.70. The summed E-state index contributed by atoms with van der Waals surface area (Å²) in [4.78, 5) is 15.9. The van der Waals surface area contributed by atoms with Crippen molar-refractivity contribution in [2.24, 2.45) is 0 Å². The van der Waals surface area contributed by atoms with Gasteiger partial charge >= 0.3 is 0 Å². The van der Waals surface area contributed by atoms with Gasteiger partial charge in [-0.15, -0.1) is 6.58 Å². The van der Waals surface area contributed by atoms with Gasteiger partial charge in [-0.3, -0.25) is 4.79 Å². The standard InChI is InChI=1S/C15H21N3O2/c1-2-9-16-15(20)11-7-8-14(17-10-11)18-12-5-3-4-6-13(12)19/h2,7-8,10,12-13,19H,1,3-6,9H2,(H,16,20)(H,17,18). The number of aliphatic hydroxyl groups excluding tert-OH is 1. The highest BCUT2D eigenvalue weighted by atomic mass is 16.3. The fourth-order valence-electron chi connectivity index (χ4n) is 2.35.